The van der Waals surface area contributed by atoms with Crippen molar-refractivity contribution in [2.24, 2.45) is 0 Å². The summed E-state index contributed by atoms with van der Waals surface area (Å²) in [6.45, 7) is 6.95. The van der Waals surface area contributed by atoms with Gasteiger partial charge in [-0.2, -0.15) is 0 Å². The molecule has 5 N–H and O–H groups in total. The average Bonchev–Trinajstić information content (AvgIpc) is 2.91. The lowest BCUT2D eigenvalue weighted by molar-refractivity contribution is -0.362. The first-order valence-electron chi connectivity index (χ1n) is 8.78. The van der Waals surface area contributed by atoms with Crippen LogP contribution in [-0.2, 0) is 9.59 Å². The van der Waals surface area contributed by atoms with Crippen LogP contribution < -0.4 is 16.4 Å². The minimum absolute atomic E-state index is 0.0555. The molecule has 1 aliphatic rings. The van der Waals surface area contributed by atoms with E-state index >= 15 is 0 Å². The van der Waals surface area contributed by atoms with Crippen molar-refractivity contribution >= 4 is 29.8 Å². The summed E-state index contributed by atoms with van der Waals surface area (Å²) in [7, 11) is 0. The van der Waals surface area contributed by atoms with Crippen LogP contribution in [0, 0.1) is 0 Å². The van der Waals surface area contributed by atoms with Crippen molar-refractivity contribution in [1.82, 2.24) is 10.2 Å². The van der Waals surface area contributed by atoms with Crippen LogP contribution in [0.1, 0.15) is 54.3 Å². The van der Waals surface area contributed by atoms with Crippen molar-refractivity contribution in [3.8, 4) is 0 Å². The maximum Gasteiger partial charge on any atom is 0.263 e. The van der Waals surface area contributed by atoms with Gasteiger partial charge in [-0.1, -0.05) is 19.9 Å². The van der Waals surface area contributed by atoms with E-state index in [0.717, 1.165) is 0 Å². The molecule has 1 atom stereocenters. The molecular formula is C18H27N4O4+. The summed E-state index contributed by atoms with van der Waals surface area (Å²) >= 11 is 0. The third-order valence-corrected chi connectivity index (χ3v) is 3.89. The molecule has 0 saturated carbocycles. The van der Waals surface area contributed by atoms with Crippen LogP contribution in [0.2, 0.25) is 0 Å². The van der Waals surface area contributed by atoms with E-state index in [4.69, 9.17) is 0 Å². The third kappa shape index (κ3) is 4.66. The van der Waals surface area contributed by atoms with Crippen LogP contribution in [0.4, 0.5) is 5.69 Å². The first kappa shape index (κ1) is 21.3. The number of fused-ring (bicyclic) bond motifs is 1. The highest BCUT2D eigenvalue weighted by Crippen LogP contribution is 2.31. The average molecular weight is 363 g/mol. The van der Waals surface area contributed by atoms with E-state index in [9.17, 15) is 19.2 Å². The van der Waals surface area contributed by atoms with Crippen LogP contribution in [0.3, 0.4) is 0 Å². The molecule has 2 rings (SSSR count). The predicted octanol–water partition coefficient (Wildman–Crippen LogP) is 0.404. The van der Waals surface area contributed by atoms with Crippen molar-refractivity contribution in [3.05, 3.63) is 29.3 Å². The Hall–Kier alpha value is -2.74. The number of rotatable bonds is 8. The molecule has 0 radical (unpaired) electrons. The number of hydrogen-bond acceptors (Lipinski definition) is 5. The van der Waals surface area contributed by atoms with Gasteiger partial charge in [0.2, 0.25) is 12.3 Å². The van der Waals surface area contributed by atoms with Crippen LogP contribution in [0.5, 0.6) is 0 Å². The number of imide groups is 2. The van der Waals surface area contributed by atoms with E-state index in [1.807, 2.05) is 19.2 Å². The van der Waals surface area contributed by atoms with Gasteiger partial charge in [-0.05, 0) is 25.5 Å². The van der Waals surface area contributed by atoms with Crippen molar-refractivity contribution in [2.45, 2.75) is 39.7 Å². The van der Waals surface area contributed by atoms with Crippen molar-refractivity contribution in [3.63, 3.8) is 0 Å². The second-order valence-corrected chi connectivity index (χ2v) is 5.56. The first-order chi connectivity index (χ1) is 12.5. The molecule has 26 heavy (non-hydrogen) atoms. The Balaban J connectivity index is 0.00000163. The second-order valence-electron chi connectivity index (χ2n) is 5.56. The van der Waals surface area contributed by atoms with Crippen molar-refractivity contribution < 1.29 is 24.9 Å². The van der Waals surface area contributed by atoms with Gasteiger partial charge >= 0.3 is 0 Å². The number of nitrogens with one attached hydrogen (secondary N) is 2. The molecule has 0 saturated heterocycles. The zero-order valence-corrected chi connectivity index (χ0v) is 15.5. The summed E-state index contributed by atoms with van der Waals surface area (Å²) in [5.41, 5.74) is 5.07. The highest BCUT2D eigenvalue weighted by molar-refractivity contribution is 6.23. The summed E-state index contributed by atoms with van der Waals surface area (Å²) in [4.78, 5) is 48.0. The van der Waals surface area contributed by atoms with Gasteiger partial charge in [0.25, 0.3) is 11.8 Å². The van der Waals surface area contributed by atoms with Gasteiger partial charge in [0.1, 0.15) is 0 Å². The molecule has 1 aromatic carbocycles. The molecule has 8 nitrogen and oxygen atoms in total. The molecule has 0 aromatic heterocycles. The van der Waals surface area contributed by atoms with Crippen molar-refractivity contribution in [2.75, 3.05) is 18.4 Å². The second kappa shape index (κ2) is 10.3. The summed E-state index contributed by atoms with van der Waals surface area (Å²) in [5, 5.41) is 5.15. The lowest BCUT2D eigenvalue weighted by Gasteiger charge is -2.22. The third-order valence-electron chi connectivity index (χ3n) is 3.89. The predicted molar refractivity (Wildman–Crippen MR) is 97.4 cm³/mol. The van der Waals surface area contributed by atoms with Crippen LogP contribution in [0.15, 0.2) is 18.2 Å². The molecule has 0 spiro atoms. The number of amides is 4. The minimum atomic E-state index is -0.449. The Bertz CT molecular complexity index is 675. The number of benzene rings is 1. The van der Waals surface area contributed by atoms with Gasteiger partial charge in [0.15, 0.2) is 0 Å². The SMILES string of the molecule is CC.CC(CCC(=O)NC=O)N1C(=O)c2cccc(NCC[NH3+])c2C1=O. The minimum Gasteiger partial charge on any atom is -0.379 e. The Morgan fingerprint density at radius 3 is 2.58 bits per heavy atom. The van der Waals surface area contributed by atoms with Gasteiger partial charge < -0.3 is 11.1 Å². The molecule has 1 unspecified atom stereocenters. The van der Waals surface area contributed by atoms with Crippen LogP contribution in [-0.4, -0.2) is 48.2 Å². The van der Waals surface area contributed by atoms with E-state index in [1.54, 1.807) is 25.1 Å². The first-order valence-corrected chi connectivity index (χ1v) is 8.78. The molecular weight excluding hydrogens is 336 g/mol. The maximum absolute atomic E-state index is 12.7. The molecule has 0 aliphatic carbocycles. The van der Waals surface area contributed by atoms with E-state index in [1.165, 1.54) is 4.90 Å². The molecule has 142 valence electrons. The van der Waals surface area contributed by atoms with E-state index in [2.05, 4.69) is 11.1 Å². The number of quaternary nitrogens is 1. The lowest BCUT2D eigenvalue weighted by atomic mass is 10.1. The summed E-state index contributed by atoms with van der Waals surface area (Å²) < 4.78 is 0. The number of anilines is 1. The number of hydrogen-bond donors (Lipinski definition) is 3. The fourth-order valence-corrected chi connectivity index (χ4v) is 2.68. The zero-order valence-electron chi connectivity index (χ0n) is 15.5. The van der Waals surface area contributed by atoms with E-state index < -0.39 is 11.9 Å². The quantitative estimate of drug-likeness (QED) is 0.456. The molecule has 8 heteroatoms. The summed E-state index contributed by atoms with van der Waals surface area (Å²) in [5.74, 6) is -1.17. The molecule has 4 amide bonds. The van der Waals surface area contributed by atoms with Crippen LogP contribution >= 0.6 is 0 Å². The van der Waals surface area contributed by atoms with E-state index in [0.29, 0.717) is 36.3 Å². The highest BCUT2D eigenvalue weighted by atomic mass is 16.2. The Morgan fingerprint density at radius 2 is 1.96 bits per heavy atom. The van der Waals surface area contributed by atoms with Gasteiger partial charge in [0, 0.05) is 18.2 Å². The standard InChI is InChI=1S/C16H20N4O4.C2H6/c1-10(5-6-13(22)19-9-21)20-15(23)11-3-2-4-12(18-8-7-17)14(11)16(20)24;1-2/h2-4,9-10,18H,5-8,17H2,1H3,(H,19,21,22);1-2H3/p+1. The highest BCUT2D eigenvalue weighted by Gasteiger charge is 2.39. The zero-order chi connectivity index (χ0) is 19.7. The van der Waals surface area contributed by atoms with Gasteiger partial charge in [0.05, 0.1) is 24.2 Å². The van der Waals surface area contributed by atoms with Gasteiger partial charge in [-0.25, -0.2) is 0 Å². The maximum atomic E-state index is 12.7. The fourth-order valence-electron chi connectivity index (χ4n) is 2.68. The molecule has 1 heterocycles. The Morgan fingerprint density at radius 1 is 1.27 bits per heavy atom. The Kier molecular flexibility index (Phi) is 8.44. The molecule has 0 fully saturated rings. The van der Waals surface area contributed by atoms with Gasteiger partial charge in [-0.3, -0.25) is 29.4 Å². The molecule has 1 aliphatic heterocycles. The number of carbonyl (C=O) groups is 4. The Labute approximate surface area is 153 Å². The van der Waals surface area contributed by atoms with E-state index in [-0.39, 0.29) is 24.7 Å². The van der Waals surface area contributed by atoms with Crippen LogP contribution in [0.25, 0.3) is 0 Å². The topological polar surface area (TPSA) is 123 Å². The fraction of sp³-hybridized carbons (Fsp3) is 0.444. The summed E-state index contributed by atoms with van der Waals surface area (Å²) in [6.07, 6.45) is 0.655. The number of carbonyl (C=O) groups excluding carboxylic acids is 4. The monoisotopic (exact) mass is 363 g/mol. The number of nitrogens with zero attached hydrogens (tertiary/aromatic N) is 1. The normalized spacial score (nSPS) is 13.5. The lowest BCUT2D eigenvalue weighted by Crippen LogP contribution is -2.53. The van der Waals surface area contributed by atoms with Gasteiger partial charge in [-0.15, -0.1) is 0 Å². The molecule has 1 aromatic rings. The summed E-state index contributed by atoms with van der Waals surface area (Å²) in [6, 6.07) is 4.65. The van der Waals surface area contributed by atoms with Crippen molar-refractivity contribution in [1.29, 1.82) is 0 Å². The smallest absolute Gasteiger partial charge is 0.263 e. The largest absolute Gasteiger partial charge is 0.379 e. The molecule has 0 bridgehead atoms.